The first-order valence-electron chi connectivity index (χ1n) is 10.6. The lowest BCUT2D eigenvalue weighted by Gasteiger charge is -2.23. The standard InChI is InChI=1S/C24H20F3N5O4/c1-23(13-16-11-12-28-14-19(16)30-31-20(33)15-5-3-2-4-6-15)21(34)32(22(35)29-23)17-7-9-18(10-8-17)36-24(25,26)27/h2-12,14,30H,13H2,1H3,(H,29,35)(H,31,33). The van der Waals surface area contributed by atoms with Crippen LogP contribution in [0, 0.1) is 0 Å². The predicted octanol–water partition coefficient (Wildman–Crippen LogP) is 3.79. The molecule has 3 N–H and O–H groups in total. The number of anilines is 2. The molecule has 0 aliphatic carbocycles. The molecular weight excluding hydrogens is 479 g/mol. The first-order chi connectivity index (χ1) is 17.1. The van der Waals surface area contributed by atoms with Crippen molar-refractivity contribution in [3.63, 3.8) is 0 Å². The number of hydrazine groups is 1. The molecule has 4 amide bonds. The third-order valence-corrected chi connectivity index (χ3v) is 5.39. The third kappa shape index (κ3) is 5.37. The zero-order valence-corrected chi connectivity index (χ0v) is 18.8. The Labute approximate surface area is 203 Å². The lowest BCUT2D eigenvalue weighted by molar-refractivity contribution is -0.274. The molecular formula is C24H20F3N5O4. The minimum atomic E-state index is -4.86. The van der Waals surface area contributed by atoms with E-state index in [1.165, 1.54) is 31.5 Å². The van der Waals surface area contributed by atoms with Crippen molar-refractivity contribution >= 4 is 29.2 Å². The van der Waals surface area contributed by atoms with Gasteiger partial charge in [0.05, 0.1) is 17.6 Å². The number of halogens is 3. The van der Waals surface area contributed by atoms with Gasteiger partial charge < -0.3 is 10.1 Å². The summed E-state index contributed by atoms with van der Waals surface area (Å²) < 4.78 is 41.1. The van der Waals surface area contributed by atoms with Gasteiger partial charge in [0.15, 0.2) is 0 Å². The van der Waals surface area contributed by atoms with Gasteiger partial charge in [0.1, 0.15) is 11.3 Å². The molecule has 1 unspecified atom stereocenters. The molecule has 4 rings (SSSR count). The third-order valence-electron chi connectivity index (χ3n) is 5.39. The van der Waals surface area contributed by atoms with Crippen LogP contribution in [0.25, 0.3) is 0 Å². The number of hydrogen-bond acceptors (Lipinski definition) is 6. The highest BCUT2D eigenvalue weighted by atomic mass is 19.4. The van der Waals surface area contributed by atoms with Crippen LogP contribution in [0.4, 0.5) is 29.3 Å². The number of nitrogens with zero attached hydrogens (tertiary/aromatic N) is 2. The van der Waals surface area contributed by atoms with Crippen LogP contribution < -0.4 is 25.8 Å². The zero-order valence-electron chi connectivity index (χ0n) is 18.8. The van der Waals surface area contributed by atoms with Crippen molar-refractivity contribution in [1.82, 2.24) is 15.7 Å². The monoisotopic (exact) mass is 499 g/mol. The number of alkyl halides is 3. The van der Waals surface area contributed by atoms with Gasteiger partial charge in [-0.15, -0.1) is 13.2 Å². The maximum atomic E-state index is 13.2. The zero-order chi connectivity index (χ0) is 25.9. The Morgan fingerprint density at radius 2 is 1.78 bits per heavy atom. The molecule has 1 atom stereocenters. The molecule has 0 bridgehead atoms. The average molecular weight is 499 g/mol. The van der Waals surface area contributed by atoms with Crippen molar-refractivity contribution < 1.29 is 32.3 Å². The molecule has 3 aromatic rings. The molecule has 0 radical (unpaired) electrons. The Bertz CT molecular complexity index is 1280. The van der Waals surface area contributed by atoms with Crippen LogP contribution in [-0.4, -0.2) is 34.7 Å². The Kier molecular flexibility index (Phi) is 6.51. The van der Waals surface area contributed by atoms with Crippen LogP contribution >= 0.6 is 0 Å². The summed E-state index contributed by atoms with van der Waals surface area (Å²) in [5, 5.41) is 2.64. The van der Waals surface area contributed by atoms with Gasteiger partial charge in [-0.3, -0.25) is 25.4 Å². The summed E-state index contributed by atoms with van der Waals surface area (Å²) in [4.78, 5) is 43.1. The number of carbonyl (C=O) groups is 3. The van der Waals surface area contributed by atoms with Crippen molar-refractivity contribution in [3.8, 4) is 5.75 Å². The molecule has 2 aromatic carbocycles. The van der Waals surface area contributed by atoms with E-state index in [0.717, 1.165) is 17.0 Å². The van der Waals surface area contributed by atoms with E-state index in [1.807, 2.05) is 0 Å². The van der Waals surface area contributed by atoms with Gasteiger partial charge >= 0.3 is 12.4 Å². The highest BCUT2D eigenvalue weighted by molar-refractivity contribution is 6.23. The molecule has 1 fully saturated rings. The van der Waals surface area contributed by atoms with Crippen LogP contribution in [0.1, 0.15) is 22.8 Å². The normalized spacial score (nSPS) is 17.5. The minimum Gasteiger partial charge on any atom is -0.406 e. The molecule has 1 aromatic heterocycles. The van der Waals surface area contributed by atoms with E-state index in [-0.39, 0.29) is 18.0 Å². The van der Waals surface area contributed by atoms with Crippen molar-refractivity contribution in [2.45, 2.75) is 25.2 Å². The maximum Gasteiger partial charge on any atom is 0.573 e. The van der Waals surface area contributed by atoms with Crippen LogP contribution in [0.2, 0.25) is 0 Å². The van der Waals surface area contributed by atoms with Gasteiger partial charge in [-0.05, 0) is 55.0 Å². The molecule has 12 heteroatoms. The molecule has 2 heterocycles. The van der Waals surface area contributed by atoms with Gasteiger partial charge in [0, 0.05) is 18.2 Å². The van der Waals surface area contributed by atoms with Crippen molar-refractivity contribution in [1.29, 1.82) is 0 Å². The van der Waals surface area contributed by atoms with Gasteiger partial charge in [-0.1, -0.05) is 18.2 Å². The Morgan fingerprint density at radius 3 is 2.44 bits per heavy atom. The molecule has 0 spiro atoms. The maximum absolute atomic E-state index is 13.2. The number of benzene rings is 2. The van der Waals surface area contributed by atoms with E-state index in [0.29, 0.717) is 16.8 Å². The van der Waals surface area contributed by atoms with Crippen molar-refractivity contribution in [3.05, 3.63) is 84.2 Å². The van der Waals surface area contributed by atoms with Crippen LogP contribution in [-0.2, 0) is 11.2 Å². The molecule has 36 heavy (non-hydrogen) atoms. The Hall–Kier alpha value is -4.61. The van der Waals surface area contributed by atoms with E-state index >= 15 is 0 Å². The van der Waals surface area contributed by atoms with Gasteiger partial charge in [0.25, 0.3) is 11.8 Å². The van der Waals surface area contributed by atoms with Crippen molar-refractivity contribution in [2.75, 3.05) is 10.3 Å². The summed E-state index contributed by atoms with van der Waals surface area (Å²) in [6.45, 7) is 1.53. The molecule has 1 aliphatic rings. The number of amides is 4. The van der Waals surface area contributed by atoms with Crippen LogP contribution in [0.5, 0.6) is 5.75 Å². The van der Waals surface area contributed by atoms with E-state index in [2.05, 4.69) is 25.9 Å². The summed E-state index contributed by atoms with van der Waals surface area (Å²) in [6.07, 6.45) is -1.86. The number of ether oxygens (including phenoxy) is 1. The summed E-state index contributed by atoms with van der Waals surface area (Å²) in [6, 6.07) is 13.8. The second-order valence-corrected chi connectivity index (χ2v) is 8.10. The summed E-state index contributed by atoms with van der Waals surface area (Å²) in [5.74, 6) is -1.47. The number of rotatable bonds is 7. The quantitative estimate of drug-likeness (QED) is 0.337. The van der Waals surface area contributed by atoms with E-state index in [9.17, 15) is 27.6 Å². The molecule has 0 saturated carbocycles. The number of nitrogens with one attached hydrogen (secondary N) is 3. The highest BCUT2D eigenvalue weighted by Gasteiger charge is 2.48. The molecule has 186 valence electrons. The second kappa shape index (κ2) is 9.56. The van der Waals surface area contributed by atoms with Gasteiger partial charge in [-0.2, -0.15) is 0 Å². The fourth-order valence-corrected chi connectivity index (χ4v) is 3.69. The van der Waals surface area contributed by atoms with Crippen LogP contribution in [0.3, 0.4) is 0 Å². The van der Waals surface area contributed by atoms with Crippen molar-refractivity contribution in [2.24, 2.45) is 0 Å². The Balaban J connectivity index is 1.49. The topological polar surface area (TPSA) is 113 Å². The number of aromatic nitrogens is 1. The van der Waals surface area contributed by atoms with E-state index in [4.69, 9.17) is 0 Å². The van der Waals surface area contributed by atoms with E-state index in [1.54, 1.807) is 36.4 Å². The minimum absolute atomic E-state index is 0.0371. The van der Waals surface area contributed by atoms with Gasteiger partial charge in [0.2, 0.25) is 0 Å². The fourth-order valence-electron chi connectivity index (χ4n) is 3.69. The predicted molar refractivity (Wildman–Crippen MR) is 123 cm³/mol. The highest BCUT2D eigenvalue weighted by Crippen LogP contribution is 2.31. The first-order valence-corrected chi connectivity index (χ1v) is 10.6. The van der Waals surface area contributed by atoms with Gasteiger partial charge in [-0.25, -0.2) is 9.69 Å². The lowest BCUT2D eigenvalue weighted by atomic mass is 9.92. The first kappa shape index (κ1) is 24.5. The summed E-state index contributed by atoms with van der Waals surface area (Å²) in [5.41, 5.74) is 5.48. The SMILES string of the molecule is CC1(Cc2ccncc2NNC(=O)c2ccccc2)NC(=O)N(c2ccc(OC(F)(F)F)cc2)C1=O. The number of urea groups is 1. The largest absolute Gasteiger partial charge is 0.573 e. The second-order valence-electron chi connectivity index (χ2n) is 8.10. The average Bonchev–Trinajstić information content (AvgIpc) is 3.06. The smallest absolute Gasteiger partial charge is 0.406 e. The fraction of sp³-hybridized carbons (Fsp3) is 0.167. The number of hydrogen-bond donors (Lipinski definition) is 3. The Morgan fingerprint density at radius 1 is 1.08 bits per heavy atom. The number of imide groups is 1. The summed E-state index contributed by atoms with van der Waals surface area (Å²) >= 11 is 0. The van der Waals surface area contributed by atoms with Crippen LogP contribution in [0.15, 0.2) is 73.1 Å². The lowest BCUT2D eigenvalue weighted by Crippen LogP contribution is -2.46. The number of pyridine rings is 1. The number of carbonyl (C=O) groups excluding carboxylic acids is 3. The molecule has 1 saturated heterocycles. The summed E-state index contributed by atoms with van der Waals surface area (Å²) in [7, 11) is 0. The van der Waals surface area contributed by atoms with E-state index < -0.39 is 29.6 Å². The molecule has 1 aliphatic heterocycles. The molecule has 9 nitrogen and oxygen atoms in total.